The minimum Gasteiger partial charge on any atom is -0.462 e. The molecule has 0 bridgehead atoms. The first kappa shape index (κ1) is 18.8. The first-order valence-corrected chi connectivity index (χ1v) is 8.02. The molecule has 27 heavy (non-hydrogen) atoms. The second-order valence-corrected chi connectivity index (χ2v) is 6.07. The summed E-state index contributed by atoms with van der Waals surface area (Å²) in [6, 6.07) is 9.67. The van der Waals surface area contributed by atoms with Crippen LogP contribution in [0.4, 0.5) is 28.9 Å². The molecule has 0 amide bonds. The van der Waals surface area contributed by atoms with Gasteiger partial charge in [-0.2, -0.15) is 8.78 Å². The highest BCUT2D eigenvalue weighted by Crippen LogP contribution is 2.38. The molecule has 2 aromatic rings. The molecule has 3 N–H and O–H groups in total. The van der Waals surface area contributed by atoms with Gasteiger partial charge in [0.25, 0.3) is 6.02 Å². The van der Waals surface area contributed by atoms with E-state index in [-0.39, 0.29) is 29.6 Å². The lowest BCUT2D eigenvalue weighted by atomic mass is 9.86. The number of nitrogens with one attached hydrogen (secondary N) is 1. The molecule has 1 heterocycles. The first-order chi connectivity index (χ1) is 12.8. The van der Waals surface area contributed by atoms with E-state index in [0.717, 1.165) is 6.07 Å². The van der Waals surface area contributed by atoms with Crippen LogP contribution in [-0.2, 0) is 10.3 Å². The predicted octanol–water partition coefficient (Wildman–Crippen LogP) is 4.07. The Balaban J connectivity index is 1.97. The number of rotatable bonds is 5. The van der Waals surface area contributed by atoms with Crippen molar-refractivity contribution in [3.63, 3.8) is 0 Å². The maximum atomic E-state index is 14.5. The SMILES string of the molecule is C[C@]1(c2cc(Nc3ccccc3OC(F)F)ccc2F)N=C(N)OC[C@@H]1F. The monoisotopic (exact) mass is 383 g/mol. The lowest BCUT2D eigenvalue weighted by Crippen LogP contribution is -2.43. The summed E-state index contributed by atoms with van der Waals surface area (Å²) in [5.74, 6) is -0.762. The van der Waals surface area contributed by atoms with Crippen molar-refractivity contribution >= 4 is 17.4 Å². The number of nitrogens with zero attached hydrogens (tertiary/aromatic N) is 1. The third-order valence-corrected chi connectivity index (χ3v) is 4.22. The van der Waals surface area contributed by atoms with Gasteiger partial charge in [-0.05, 0) is 37.3 Å². The van der Waals surface area contributed by atoms with E-state index in [9.17, 15) is 17.6 Å². The van der Waals surface area contributed by atoms with E-state index in [1.165, 1.54) is 37.3 Å². The fourth-order valence-corrected chi connectivity index (χ4v) is 2.80. The molecular weight excluding hydrogens is 366 g/mol. The van der Waals surface area contributed by atoms with E-state index >= 15 is 0 Å². The number of amidine groups is 1. The molecule has 9 heteroatoms. The molecule has 3 rings (SSSR count). The molecule has 0 saturated heterocycles. The number of ether oxygens (including phenoxy) is 2. The quantitative estimate of drug-likeness (QED) is 0.764. The number of hydrogen-bond acceptors (Lipinski definition) is 5. The molecule has 144 valence electrons. The number of halogens is 4. The Kier molecular flexibility index (Phi) is 5.11. The van der Waals surface area contributed by atoms with E-state index < -0.39 is 24.1 Å². The maximum Gasteiger partial charge on any atom is 0.387 e. The average Bonchev–Trinajstić information content (AvgIpc) is 2.61. The normalized spacial score (nSPS) is 22.1. The Morgan fingerprint density at radius 2 is 2.04 bits per heavy atom. The second-order valence-electron chi connectivity index (χ2n) is 6.07. The molecule has 2 atom stereocenters. The van der Waals surface area contributed by atoms with Gasteiger partial charge in [-0.1, -0.05) is 12.1 Å². The van der Waals surface area contributed by atoms with Gasteiger partial charge in [0.15, 0.2) is 6.17 Å². The van der Waals surface area contributed by atoms with Crippen molar-refractivity contribution < 1.29 is 27.0 Å². The van der Waals surface area contributed by atoms with Gasteiger partial charge < -0.3 is 20.5 Å². The molecule has 0 fully saturated rings. The Hall–Kier alpha value is -2.97. The first-order valence-electron chi connectivity index (χ1n) is 8.02. The molecule has 0 aliphatic carbocycles. The van der Waals surface area contributed by atoms with Gasteiger partial charge in [0, 0.05) is 11.3 Å². The number of anilines is 2. The molecule has 1 aliphatic rings. The Morgan fingerprint density at radius 1 is 1.30 bits per heavy atom. The molecule has 0 saturated carbocycles. The topological polar surface area (TPSA) is 68.9 Å². The number of alkyl halides is 3. The predicted molar refractivity (Wildman–Crippen MR) is 92.6 cm³/mol. The van der Waals surface area contributed by atoms with E-state index in [0.29, 0.717) is 5.69 Å². The summed E-state index contributed by atoms with van der Waals surface area (Å²) in [5, 5.41) is 2.87. The lowest BCUT2D eigenvalue weighted by molar-refractivity contribution is -0.0493. The van der Waals surface area contributed by atoms with Crippen LogP contribution in [0.2, 0.25) is 0 Å². The number of nitrogens with two attached hydrogens (primary N) is 1. The summed E-state index contributed by atoms with van der Waals surface area (Å²) in [6.07, 6.45) is -1.62. The van der Waals surface area contributed by atoms with E-state index in [1.54, 1.807) is 6.07 Å². The third-order valence-electron chi connectivity index (χ3n) is 4.22. The number of aliphatic imine (C=N–C) groups is 1. The van der Waals surface area contributed by atoms with Gasteiger partial charge in [-0.3, -0.25) is 0 Å². The van der Waals surface area contributed by atoms with Crippen LogP contribution >= 0.6 is 0 Å². The fourth-order valence-electron chi connectivity index (χ4n) is 2.80. The molecule has 2 aromatic carbocycles. The van der Waals surface area contributed by atoms with Gasteiger partial charge in [0.05, 0.1) is 5.69 Å². The van der Waals surface area contributed by atoms with Crippen LogP contribution in [0, 0.1) is 5.82 Å². The zero-order chi connectivity index (χ0) is 19.6. The summed E-state index contributed by atoms with van der Waals surface area (Å²) in [5.41, 5.74) is 4.48. The second kappa shape index (κ2) is 7.34. The van der Waals surface area contributed by atoms with Crippen molar-refractivity contribution in [2.24, 2.45) is 10.7 Å². The van der Waals surface area contributed by atoms with Crippen molar-refractivity contribution in [1.29, 1.82) is 0 Å². The van der Waals surface area contributed by atoms with Crippen molar-refractivity contribution in [2.75, 3.05) is 11.9 Å². The van der Waals surface area contributed by atoms with Gasteiger partial charge >= 0.3 is 6.61 Å². The maximum absolute atomic E-state index is 14.5. The third kappa shape index (κ3) is 3.91. The van der Waals surface area contributed by atoms with Crippen LogP contribution in [-0.4, -0.2) is 25.4 Å². The number of para-hydroxylation sites is 2. The molecule has 0 unspecified atom stereocenters. The van der Waals surface area contributed by atoms with E-state index in [1.807, 2.05) is 0 Å². The summed E-state index contributed by atoms with van der Waals surface area (Å²) in [6.45, 7) is -1.95. The Morgan fingerprint density at radius 3 is 2.78 bits per heavy atom. The molecule has 0 radical (unpaired) electrons. The smallest absolute Gasteiger partial charge is 0.387 e. The van der Waals surface area contributed by atoms with Gasteiger partial charge in [-0.25, -0.2) is 13.8 Å². The van der Waals surface area contributed by atoms with Gasteiger partial charge in [-0.15, -0.1) is 0 Å². The van der Waals surface area contributed by atoms with E-state index in [4.69, 9.17) is 10.5 Å². The highest BCUT2D eigenvalue weighted by molar-refractivity contribution is 5.73. The largest absolute Gasteiger partial charge is 0.462 e. The van der Waals surface area contributed by atoms with Crippen LogP contribution < -0.4 is 15.8 Å². The molecular formula is C18H17F4N3O2. The molecule has 1 aliphatic heterocycles. The highest BCUT2D eigenvalue weighted by Gasteiger charge is 2.42. The van der Waals surface area contributed by atoms with Crippen LogP contribution in [0.25, 0.3) is 0 Å². The zero-order valence-corrected chi connectivity index (χ0v) is 14.3. The van der Waals surface area contributed by atoms with Crippen molar-refractivity contribution in [1.82, 2.24) is 0 Å². The minimum atomic E-state index is -3.00. The van der Waals surface area contributed by atoms with Crippen molar-refractivity contribution in [2.45, 2.75) is 25.2 Å². The van der Waals surface area contributed by atoms with Crippen LogP contribution in [0.5, 0.6) is 5.75 Å². The summed E-state index contributed by atoms with van der Waals surface area (Å²) >= 11 is 0. The van der Waals surface area contributed by atoms with Gasteiger partial charge in [0.1, 0.15) is 23.7 Å². The summed E-state index contributed by atoms with van der Waals surface area (Å²) in [4.78, 5) is 3.94. The van der Waals surface area contributed by atoms with E-state index in [2.05, 4.69) is 15.0 Å². The number of benzene rings is 2. The Bertz CT molecular complexity index is 862. The summed E-state index contributed by atoms with van der Waals surface area (Å²) < 4.78 is 63.3. The van der Waals surface area contributed by atoms with Crippen molar-refractivity contribution in [3.8, 4) is 5.75 Å². The fraction of sp³-hybridized carbons (Fsp3) is 0.278. The van der Waals surface area contributed by atoms with Crippen molar-refractivity contribution in [3.05, 3.63) is 53.8 Å². The standard InChI is InChI=1S/C18H17F4N3O2/c1-18(15(20)9-26-17(23)25-18)11-8-10(6-7-12(11)19)24-13-4-2-3-5-14(13)27-16(21)22/h2-8,15-16,24H,9H2,1H3,(H2,23,25)/t15-,18+/m0/s1. The summed E-state index contributed by atoms with van der Waals surface area (Å²) in [7, 11) is 0. The average molecular weight is 383 g/mol. The van der Waals surface area contributed by atoms with Gasteiger partial charge in [0.2, 0.25) is 0 Å². The molecule has 0 spiro atoms. The Labute approximate surface area is 152 Å². The molecule has 5 nitrogen and oxygen atoms in total. The zero-order valence-electron chi connectivity index (χ0n) is 14.3. The number of hydrogen-bond donors (Lipinski definition) is 2. The molecule has 0 aromatic heterocycles. The van der Waals surface area contributed by atoms with Crippen LogP contribution in [0.3, 0.4) is 0 Å². The minimum absolute atomic E-state index is 0.0430. The highest BCUT2D eigenvalue weighted by atomic mass is 19.3. The van der Waals surface area contributed by atoms with Crippen LogP contribution in [0.1, 0.15) is 12.5 Å². The lowest BCUT2D eigenvalue weighted by Gasteiger charge is -2.33. The van der Waals surface area contributed by atoms with Crippen LogP contribution in [0.15, 0.2) is 47.5 Å².